The number of aromatic nitrogens is 1. The summed E-state index contributed by atoms with van der Waals surface area (Å²) in [4.78, 5) is 4.83. The molecule has 3 rings (SSSR count). The molecule has 0 saturated carbocycles. The van der Waals surface area contributed by atoms with Gasteiger partial charge in [0, 0.05) is 4.47 Å². The summed E-state index contributed by atoms with van der Waals surface area (Å²) >= 11 is 3.40. The van der Waals surface area contributed by atoms with Gasteiger partial charge in [0.25, 0.3) is 0 Å². The molecule has 20 heavy (non-hydrogen) atoms. The Morgan fingerprint density at radius 1 is 1.25 bits per heavy atom. The van der Waals surface area contributed by atoms with Crippen molar-refractivity contribution in [3.8, 4) is 0 Å². The fourth-order valence-electron chi connectivity index (χ4n) is 2.37. The van der Waals surface area contributed by atoms with E-state index >= 15 is 0 Å². The van der Waals surface area contributed by atoms with Crippen LogP contribution in [-0.2, 0) is 9.84 Å². The van der Waals surface area contributed by atoms with Crippen LogP contribution in [0.3, 0.4) is 0 Å². The van der Waals surface area contributed by atoms with Crippen LogP contribution in [0.15, 0.2) is 45.8 Å². The fraction of sp³-hybridized carbons (Fsp3) is 0.214. The van der Waals surface area contributed by atoms with E-state index < -0.39 is 9.84 Å². The number of rotatable bonds is 2. The number of sulfone groups is 1. The number of anilines is 1. The molecule has 0 amide bonds. The molecule has 1 aliphatic heterocycles. The van der Waals surface area contributed by atoms with Crippen LogP contribution in [-0.4, -0.2) is 19.2 Å². The van der Waals surface area contributed by atoms with Gasteiger partial charge in [-0.25, -0.2) is 13.4 Å². The van der Waals surface area contributed by atoms with Crippen molar-refractivity contribution < 1.29 is 8.42 Å². The van der Waals surface area contributed by atoms with E-state index in [2.05, 4.69) is 26.2 Å². The second kappa shape index (κ2) is 4.86. The molecular weight excluding hydrogens is 340 g/mol. The second-order valence-electron chi connectivity index (χ2n) is 4.78. The van der Waals surface area contributed by atoms with Crippen LogP contribution in [0.2, 0.25) is 0 Å². The predicted octanol–water partition coefficient (Wildman–Crippen LogP) is 3.09. The van der Waals surface area contributed by atoms with Gasteiger partial charge in [-0.3, -0.25) is 0 Å². The van der Waals surface area contributed by atoms with Crippen LogP contribution in [0.25, 0.3) is 0 Å². The lowest BCUT2D eigenvalue weighted by atomic mass is 10.1. The van der Waals surface area contributed by atoms with Crippen LogP contribution in [0.5, 0.6) is 0 Å². The monoisotopic (exact) mass is 352 g/mol. The minimum absolute atomic E-state index is 0.0726. The quantitative estimate of drug-likeness (QED) is 0.901. The van der Waals surface area contributed by atoms with Gasteiger partial charge in [-0.15, -0.1) is 0 Å². The molecule has 1 unspecified atom stereocenters. The summed E-state index contributed by atoms with van der Waals surface area (Å²) in [7, 11) is -3.19. The summed E-state index contributed by atoms with van der Waals surface area (Å²) in [6.07, 6.45) is 0. The summed E-state index contributed by atoms with van der Waals surface area (Å²) in [6.45, 7) is 1.90. The standard InChI is InChI=1S/C14H13BrN2O2S/c1-9-11(15)6-7-14(16-9)17-12-8-20(18,19)13-5-3-2-4-10(12)13/h2-7,12H,8H2,1H3,(H,16,17). The number of nitrogens with zero attached hydrogens (tertiary/aromatic N) is 1. The highest BCUT2D eigenvalue weighted by Gasteiger charge is 2.34. The van der Waals surface area contributed by atoms with Crippen LogP contribution < -0.4 is 5.32 Å². The Kier molecular flexibility index (Phi) is 3.30. The van der Waals surface area contributed by atoms with Crippen LogP contribution in [0.4, 0.5) is 5.82 Å². The van der Waals surface area contributed by atoms with Gasteiger partial charge in [0.15, 0.2) is 9.84 Å². The van der Waals surface area contributed by atoms with E-state index in [0.717, 1.165) is 15.7 Å². The highest BCUT2D eigenvalue weighted by atomic mass is 79.9. The summed E-state index contributed by atoms with van der Waals surface area (Å²) in [5.74, 6) is 0.756. The molecule has 1 atom stereocenters. The average molecular weight is 353 g/mol. The Morgan fingerprint density at radius 2 is 2.00 bits per heavy atom. The van der Waals surface area contributed by atoms with E-state index in [1.807, 2.05) is 31.2 Å². The molecule has 1 aliphatic rings. The normalized spacial score (nSPS) is 19.6. The smallest absolute Gasteiger partial charge is 0.181 e. The van der Waals surface area contributed by atoms with Gasteiger partial charge in [0.1, 0.15) is 5.82 Å². The average Bonchev–Trinajstić information content (AvgIpc) is 2.66. The van der Waals surface area contributed by atoms with Crippen LogP contribution in [0, 0.1) is 6.92 Å². The molecule has 2 heterocycles. The Morgan fingerprint density at radius 3 is 2.75 bits per heavy atom. The number of halogens is 1. The second-order valence-corrected chi connectivity index (χ2v) is 7.64. The lowest BCUT2D eigenvalue weighted by Gasteiger charge is -2.14. The Bertz CT molecular complexity index is 774. The van der Waals surface area contributed by atoms with Gasteiger partial charge in [-0.1, -0.05) is 18.2 Å². The first-order valence-electron chi connectivity index (χ1n) is 6.19. The van der Waals surface area contributed by atoms with E-state index in [9.17, 15) is 8.42 Å². The zero-order chi connectivity index (χ0) is 14.3. The molecule has 4 nitrogen and oxygen atoms in total. The first-order valence-corrected chi connectivity index (χ1v) is 8.63. The van der Waals surface area contributed by atoms with E-state index in [1.165, 1.54) is 0 Å². The molecule has 2 aromatic rings. The van der Waals surface area contributed by atoms with Gasteiger partial charge in [-0.2, -0.15) is 0 Å². The first-order chi connectivity index (χ1) is 9.47. The largest absolute Gasteiger partial charge is 0.362 e. The molecule has 1 aromatic heterocycles. The number of hydrogen-bond acceptors (Lipinski definition) is 4. The zero-order valence-corrected chi connectivity index (χ0v) is 13.2. The summed E-state index contributed by atoms with van der Waals surface area (Å²) < 4.78 is 25.1. The number of aryl methyl sites for hydroxylation is 1. The summed E-state index contributed by atoms with van der Waals surface area (Å²) in [6, 6.07) is 10.6. The highest BCUT2D eigenvalue weighted by Crippen LogP contribution is 2.35. The highest BCUT2D eigenvalue weighted by molar-refractivity contribution is 9.10. The van der Waals surface area contributed by atoms with Gasteiger partial charge < -0.3 is 5.32 Å². The first kappa shape index (κ1) is 13.6. The van der Waals surface area contributed by atoms with Gasteiger partial charge in [0.05, 0.1) is 22.4 Å². The topological polar surface area (TPSA) is 59.1 Å². The SMILES string of the molecule is Cc1nc(NC2CS(=O)(=O)c3ccccc32)ccc1Br. The number of hydrogen-bond donors (Lipinski definition) is 1. The Labute approximate surface area is 126 Å². The minimum atomic E-state index is -3.19. The molecule has 1 N–H and O–H groups in total. The van der Waals surface area contributed by atoms with Gasteiger partial charge in [0.2, 0.25) is 0 Å². The number of fused-ring (bicyclic) bond motifs is 1. The van der Waals surface area contributed by atoms with Crippen molar-refractivity contribution in [1.82, 2.24) is 4.98 Å². The molecule has 104 valence electrons. The van der Waals surface area contributed by atoms with Crippen molar-refractivity contribution in [2.75, 3.05) is 11.1 Å². The third-order valence-corrected chi connectivity index (χ3v) is 6.01. The van der Waals surface area contributed by atoms with E-state index in [0.29, 0.717) is 10.7 Å². The number of pyridine rings is 1. The Hall–Kier alpha value is -1.40. The van der Waals surface area contributed by atoms with Crippen molar-refractivity contribution in [3.63, 3.8) is 0 Å². The summed E-state index contributed by atoms with van der Waals surface area (Å²) in [5, 5.41) is 3.21. The summed E-state index contributed by atoms with van der Waals surface area (Å²) in [5.41, 5.74) is 1.68. The number of nitrogens with one attached hydrogen (secondary N) is 1. The van der Waals surface area contributed by atoms with Gasteiger partial charge >= 0.3 is 0 Å². The maximum atomic E-state index is 12.1. The molecule has 0 saturated heterocycles. The zero-order valence-electron chi connectivity index (χ0n) is 10.8. The van der Waals surface area contributed by atoms with Crippen molar-refractivity contribution in [1.29, 1.82) is 0 Å². The molecule has 0 bridgehead atoms. The minimum Gasteiger partial charge on any atom is -0.362 e. The molecule has 0 aliphatic carbocycles. The third kappa shape index (κ3) is 2.33. The molecular formula is C14H13BrN2O2S. The van der Waals surface area contributed by atoms with Crippen molar-refractivity contribution in [2.45, 2.75) is 17.9 Å². The predicted molar refractivity (Wildman–Crippen MR) is 81.5 cm³/mol. The fourth-order valence-corrected chi connectivity index (χ4v) is 4.33. The van der Waals surface area contributed by atoms with Gasteiger partial charge in [-0.05, 0) is 46.6 Å². The van der Waals surface area contributed by atoms with E-state index in [1.54, 1.807) is 12.1 Å². The van der Waals surface area contributed by atoms with E-state index in [-0.39, 0.29) is 11.8 Å². The molecule has 1 aromatic carbocycles. The molecule has 0 fully saturated rings. The molecule has 0 radical (unpaired) electrons. The lowest BCUT2D eigenvalue weighted by Crippen LogP contribution is -2.14. The molecule has 6 heteroatoms. The lowest BCUT2D eigenvalue weighted by molar-refractivity contribution is 0.598. The van der Waals surface area contributed by atoms with Crippen LogP contribution in [0.1, 0.15) is 17.3 Å². The van der Waals surface area contributed by atoms with E-state index in [4.69, 9.17) is 0 Å². The maximum absolute atomic E-state index is 12.1. The van der Waals surface area contributed by atoms with Crippen molar-refractivity contribution in [2.24, 2.45) is 0 Å². The third-order valence-electron chi connectivity index (χ3n) is 3.36. The van der Waals surface area contributed by atoms with Crippen molar-refractivity contribution in [3.05, 3.63) is 52.1 Å². The Balaban J connectivity index is 1.95. The van der Waals surface area contributed by atoms with Crippen molar-refractivity contribution >= 4 is 31.6 Å². The molecule has 0 spiro atoms. The maximum Gasteiger partial charge on any atom is 0.181 e. The van der Waals surface area contributed by atoms with Crippen LogP contribution >= 0.6 is 15.9 Å². The number of benzene rings is 1.